The van der Waals surface area contributed by atoms with Gasteiger partial charge in [0.25, 0.3) is 5.91 Å². The van der Waals surface area contributed by atoms with Crippen molar-refractivity contribution in [3.05, 3.63) is 35.9 Å². The minimum atomic E-state index is -0.104. The van der Waals surface area contributed by atoms with Gasteiger partial charge in [-0.05, 0) is 12.1 Å². The summed E-state index contributed by atoms with van der Waals surface area (Å²) in [5, 5.41) is 5.53. The molecule has 0 aliphatic rings. The molecule has 4 nitrogen and oxygen atoms in total. The maximum Gasteiger partial charge on any atom is 0.251 e. The molecule has 0 saturated carbocycles. The van der Waals surface area contributed by atoms with Gasteiger partial charge in [0.05, 0.1) is 6.54 Å². The second-order valence-electron chi connectivity index (χ2n) is 2.94. The Bertz CT molecular complexity index is 312. The Kier molecular flexibility index (Phi) is 5.11. The minimum absolute atomic E-state index is 0.104. The van der Waals surface area contributed by atoms with Crippen molar-refractivity contribution in [1.82, 2.24) is 10.6 Å². The van der Waals surface area contributed by atoms with Crippen LogP contribution in [0.15, 0.2) is 30.3 Å². The molecule has 0 aliphatic carbocycles. The van der Waals surface area contributed by atoms with Crippen LogP contribution in [0, 0.1) is 0 Å². The number of amides is 1. The molecule has 1 aromatic rings. The second kappa shape index (κ2) is 6.73. The largest absolute Gasteiger partial charge is 0.351 e. The van der Waals surface area contributed by atoms with Gasteiger partial charge in [-0.25, -0.2) is 0 Å². The molecular weight excluding hydrogens is 192 g/mol. The van der Waals surface area contributed by atoms with Gasteiger partial charge in [-0.15, -0.1) is 0 Å². The first kappa shape index (κ1) is 11.4. The molecule has 0 atom stereocenters. The highest BCUT2D eigenvalue weighted by molar-refractivity contribution is 5.94. The standard InChI is InChI=1S/C11H13N2O2/c14-9-8-12-6-7-13-11(15)10-4-2-1-3-5-10/h1-5,12H,6-8H2,(H,13,15). The zero-order chi connectivity index (χ0) is 10.9. The van der Waals surface area contributed by atoms with Crippen LogP contribution < -0.4 is 10.6 Å². The molecule has 0 saturated heterocycles. The Labute approximate surface area is 88.7 Å². The fourth-order valence-corrected chi connectivity index (χ4v) is 1.10. The highest BCUT2D eigenvalue weighted by atomic mass is 16.1. The van der Waals surface area contributed by atoms with Crippen molar-refractivity contribution in [2.45, 2.75) is 0 Å². The van der Waals surface area contributed by atoms with Crippen molar-refractivity contribution >= 4 is 12.2 Å². The summed E-state index contributed by atoms with van der Waals surface area (Å²) in [6.07, 6.45) is 1.71. The monoisotopic (exact) mass is 205 g/mol. The third-order valence-corrected chi connectivity index (χ3v) is 1.82. The summed E-state index contributed by atoms with van der Waals surface area (Å²) in [5.41, 5.74) is 0.638. The van der Waals surface area contributed by atoms with Crippen molar-refractivity contribution in [2.75, 3.05) is 19.6 Å². The number of hydrogen-bond donors (Lipinski definition) is 2. The molecule has 1 aromatic carbocycles. The lowest BCUT2D eigenvalue weighted by molar-refractivity contribution is 0.0954. The lowest BCUT2D eigenvalue weighted by Gasteiger charge is -2.04. The van der Waals surface area contributed by atoms with E-state index in [9.17, 15) is 9.59 Å². The lowest BCUT2D eigenvalue weighted by Crippen LogP contribution is -2.32. The van der Waals surface area contributed by atoms with E-state index < -0.39 is 0 Å². The third kappa shape index (κ3) is 4.37. The van der Waals surface area contributed by atoms with Gasteiger partial charge in [0.15, 0.2) is 0 Å². The summed E-state index contributed by atoms with van der Waals surface area (Å²) < 4.78 is 0. The van der Waals surface area contributed by atoms with Crippen molar-refractivity contribution in [1.29, 1.82) is 0 Å². The molecule has 1 amide bonds. The van der Waals surface area contributed by atoms with Gasteiger partial charge in [-0.3, -0.25) is 9.59 Å². The Hall–Kier alpha value is -1.68. The SMILES string of the molecule is O=[C]CNCCNC(=O)c1ccccc1. The lowest BCUT2D eigenvalue weighted by atomic mass is 10.2. The van der Waals surface area contributed by atoms with E-state index in [0.717, 1.165) is 0 Å². The zero-order valence-corrected chi connectivity index (χ0v) is 8.32. The van der Waals surface area contributed by atoms with Gasteiger partial charge in [0.1, 0.15) is 0 Å². The molecule has 0 aliphatic heterocycles. The summed E-state index contributed by atoms with van der Waals surface area (Å²) in [6.45, 7) is 1.25. The molecule has 0 fully saturated rings. The normalized spacial score (nSPS) is 9.60. The van der Waals surface area contributed by atoms with Crippen molar-refractivity contribution < 1.29 is 9.59 Å². The molecular formula is C11H13N2O2. The molecule has 1 radical (unpaired) electrons. The molecule has 0 spiro atoms. The maximum atomic E-state index is 11.5. The number of hydrogen-bond acceptors (Lipinski definition) is 3. The predicted octanol–water partition coefficient (Wildman–Crippen LogP) is 0.116. The quantitative estimate of drug-likeness (QED) is 0.648. The second-order valence-corrected chi connectivity index (χ2v) is 2.94. The van der Waals surface area contributed by atoms with E-state index in [4.69, 9.17) is 0 Å². The van der Waals surface area contributed by atoms with Gasteiger partial charge in [-0.2, -0.15) is 0 Å². The molecule has 2 N–H and O–H groups in total. The first-order chi connectivity index (χ1) is 7.34. The van der Waals surface area contributed by atoms with Crippen LogP contribution in [-0.4, -0.2) is 31.8 Å². The zero-order valence-electron chi connectivity index (χ0n) is 8.32. The first-order valence-corrected chi connectivity index (χ1v) is 4.73. The van der Waals surface area contributed by atoms with E-state index in [2.05, 4.69) is 10.6 Å². The van der Waals surface area contributed by atoms with Crippen LogP contribution in [0.1, 0.15) is 10.4 Å². The van der Waals surface area contributed by atoms with Crippen LogP contribution in [0.4, 0.5) is 0 Å². The number of benzene rings is 1. The van der Waals surface area contributed by atoms with Gasteiger partial charge >= 0.3 is 0 Å². The van der Waals surface area contributed by atoms with Crippen LogP contribution in [0.2, 0.25) is 0 Å². The molecule has 0 aromatic heterocycles. The van der Waals surface area contributed by atoms with Crippen molar-refractivity contribution in [2.24, 2.45) is 0 Å². The summed E-state index contributed by atoms with van der Waals surface area (Å²) in [5.74, 6) is -0.104. The minimum Gasteiger partial charge on any atom is -0.351 e. The van der Waals surface area contributed by atoms with E-state index in [1.165, 1.54) is 0 Å². The summed E-state index contributed by atoms with van der Waals surface area (Å²) in [4.78, 5) is 21.3. The number of nitrogens with one attached hydrogen (secondary N) is 2. The van der Waals surface area contributed by atoms with Crippen LogP contribution in [0.25, 0.3) is 0 Å². The highest BCUT2D eigenvalue weighted by Gasteiger charge is 2.01. The predicted molar refractivity (Wildman–Crippen MR) is 57.3 cm³/mol. The summed E-state index contributed by atoms with van der Waals surface area (Å²) >= 11 is 0. The Morgan fingerprint density at radius 3 is 2.60 bits per heavy atom. The van der Waals surface area contributed by atoms with Crippen LogP contribution >= 0.6 is 0 Å². The number of carbonyl (C=O) groups is 1. The summed E-state index contributed by atoms with van der Waals surface area (Å²) in [6, 6.07) is 8.99. The van der Waals surface area contributed by atoms with E-state index in [1.807, 2.05) is 18.2 Å². The molecule has 0 bridgehead atoms. The first-order valence-electron chi connectivity index (χ1n) is 4.73. The fraction of sp³-hybridized carbons (Fsp3) is 0.273. The molecule has 79 valence electrons. The number of carbonyl (C=O) groups excluding carboxylic acids is 2. The molecule has 0 heterocycles. The highest BCUT2D eigenvalue weighted by Crippen LogP contribution is 1.96. The van der Waals surface area contributed by atoms with E-state index in [0.29, 0.717) is 18.7 Å². The van der Waals surface area contributed by atoms with Crippen molar-refractivity contribution in [3.63, 3.8) is 0 Å². The average Bonchev–Trinajstić information content (AvgIpc) is 2.30. The molecule has 1 rings (SSSR count). The Balaban J connectivity index is 2.22. The van der Waals surface area contributed by atoms with E-state index >= 15 is 0 Å². The van der Waals surface area contributed by atoms with Crippen LogP contribution in [0.3, 0.4) is 0 Å². The average molecular weight is 205 g/mol. The smallest absolute Gasteiger partial charge is 0.251 e. The van der Waals surface area contributed by atoms with E-state index in [1.54, 1.807) is 18.4 Å². The van der Waals surface area contributed by atoms with Gasteiger partial charge in [-0.1, -0.05) is 18.2 Å². The van der Waals surface area contributed by atoms with Crippen LogP contribution in [0.5, 0.6) is 0 Å². The van der Waals surface area contributed by atoms with Gasteiger partial charge < -0.3 is 10.6 Å². The fourth-order valence-electron chi connectivity index (χ4n) is 1.10. The topological polar surface area (TPSA) is 58.2 Å². The Morgan fingerprint density at radius 1 is 1.20 bits per heavy atom. The van der Waals surface area contributed by atoms with Gasteiger partial charge in [0.2, 0.25) is 6.29 Å². The molecule has 0 unspecified atom stereocenters. The van der Waals surface area contributed by atoms with Crippen LogP contribution in [-0.2, 0) is 4.79 Å². The van der Waals surface area contributed by atoms with Gasteiger partial charge in [0, 0.05) is 18.7 Å². The van der Waals surface area contributed by atoms with Crippen molar-refractivity contribution in [3.8, 4) is 0 Å². The third-order valence-electron chi connectivity index (χ3n) is 1.82. The van der Waals surface area contributed by atoms with E-state index in [-0.39, 0.29) is 12.5 Å². The maximum absolute atomic E-state index is 11.5. The Morgan fingerprint density at radius 2 is 1.93 bits per heavy atom. The molecule has 4 heteroatoms. The summed E-state index contributed by atoms with van der Waals surface area (Å²) in [7, 11) is 0. The molecule has 15 heavy (non-hydrogen) atoms. The number of rotatable bonds is 6.